The van der Waals surface area contributed by atoms with Crippen molar-refractivity contribution in [1.82, 2.24) is 15.5 Å². The monoisotopic (exact) mass is 527 g/mol. The Labute approximate surface area is 196 Å². The van der Waals surface area contributed by atoms with Gasteiger partial charge in [0, 0.05) is 51.3 Å². The number of carbonyl (C=O) groups excluding carboxylic acids is 2. The van der Waals surface area contributed by atoms with E-state index in [1.165, 1.54) is 0 Å². The first kappa shape index (κ1) is 24.4. The highest BCUT2D eigenvalue weighted by Crippen LogP contribution is 2.21. The average molecular weight is 527 g/mol. The summed E-state index contributed by atoms with van der Waals surface area (Å²) in [6.07, 6.45) is 5.31. The van der Waals surface area contributed by atoms with E-state index < -0.39 is 0 Å². The molecule has 0 spiro atoms. The van der Waals surface area contributed by atoms with Crippen LogP contribution in [0.5, 0.6) is 0 Å². The molecule has 2 amide bonds. The van der Waals surface area contributed by atoms with Gasteiger partial charge in [-0.15, -0.1) is 24.0 Å². The zero-order chi connectivity index (χ0) is 20.5. The lowest BCUT2D eigenvalue weighted by Gasteiger charge is -2.26. The van der Waals surface area contributed by atoms with E-state index in [0.29, 0.717) is 19.4 Å². The van der Waals surface area contributed by atoms with Crippen LogP contribution >= 0.6 is 24.0 Å². The molecule has 2 fully saturated rings. The second-order valence-electron chi connectivity index (χ2n) is 7.63. The number of amides is 2. The maximum Gasteiger partial charge on any atom is 0.226 e. The number of anilines is 1. The van der Waals surface area contributed by atoms with Gasteiger partial charge in [0.15, 0.2) is 5.96 Å². The summed E-state index contributed by atoms with van der Waals surface area (Å²) in [5, 5.41) is 6.61. The maximum atomic E-state index is 12.1. The Morgan fingerprint density at radius 2 is 1.77 bits per heavy atom. The molecule has 0 unspecified atom stereocenters. The fourth-order valence-corrected chi connectivity index (χ4v) is 3.79. The lowest BCUT2D eigenvalue weighted by molar-refractivity contribution is -0.127. The zero-order valence-electron chi connectivity index (χ0n) is 17.9. The van der Waals surface area contributed by atoms with Gasteiger partial charge in [-0.25, -0.2) is 4.99 Å². The number of nitrogens with one attached hydrogen (secondary N) is 2. The third kappa shape index (κ3) is 7.14. The van der Waals surface area contributed by atoms with E-state index in [2.05, 4.69) is 15.6 Å². The van der Waals surface area contributed by atoms with E-state index in [0.717, 1.165) is 75.6 Å². The van der Waals surface area contributed by atoms with Gasteiger partial charge in [0.1, 0.15) is 0 Å². The number of halogens is 1. The van der Waals surface area contributed by atoms with Gasteiger partial charge in [0.2, 0.25) is 11.8 Å². The van der Waals surface area contributed by atoms with Crippen LogP contribution in [0.3, 0.4) is 0 Å². The third-order valence-corrected chi connectivity index (χ3v) is 5.40. The minimum absolute atomic E-state index is 0. The van der Waals surface area contributed by atoms with Crippen LogP contribution in [0.1, 0.15) is 51.0 Å². The molecule has 30 heavy (non-hydrogen) atoms. The van der Waals surface area contributed by atoms with E-state index >= 15 is 0 Å². The zero-order valence-corrected chi connectivity index (χ0v) is 20.2. The minimum atomic E-state index is 0. The highest BCUT2D eigenvalue weighted by Gasteiger charge is 2.20. The highest BCUT2D eigenvalue weighted by atomic mass is 127. The Balaban J connectivity index is 0.00000320. The molecular weight excluding hydrogens is 493 g/mol. The second kappa shape index (κ2) is 12.8. The van der Waals surface area contributed by atoms with Crippen LogP contribution in [-0.4, -0.2) is 55.4 Å². The van der Waals surface area contributed by atoms with Gasteiger partial charge in [0.05, 0.1) is 6.54 Å². The molecule has 0 atom stereocenters. The fraction of sp³-hybridized carbons (Fsp3) is 0.591. The van der Waals surface area contributed by atoms with Crippen LogP contribution < -0.4 is 15.5 Å². The Morgan fingerprint density at radius 3 is 2.43 bits per heavy atom. The molecule has 0 bridgehead atoms. The summed E-state index contributed by atoms with van der Waals surface area (Å²) in [4.78, 5) is 32.2. The number of likely N-dealkylation sites (tertiary alicyclic amines) is 1. The van der Waals surface area contributed by atoms with E-state index in [-0.39, 0.29) is 35.8 Å². The molecule has 2 saturated heterocycles. The van der Waals surface area contributed by atoms with Crippen molar-refractivity contribution < 1.29 is 9.59 Å². The molecular formula is C22H34IN5O2. The number of hydrogen-bond donors (Lipinski definition) is 2. The van der Waals surface area contributed by atoms with Crippen molar-refractivity contribution in [1.29, 1.82) is 0 Å². The number of aliphatic imine (C=N–C) groups is 1. The molecule has 1 aromatic carbocycles. The number of guanidine groups is 1. The van der Waals surface area contributed by atoms with Gasteiger partial charge >= 0.3 is 0 Å². The van der Waals surface area contributed by atoms with E-state index in [1.54, 1.807) is 0 Å². The van der Waals surface area contributed by atoms with Crippen molar-refractivity contribution in [2.45, 2.75) is 52.0 Å². The molecule has 8 heteroatoms. The maximum absolute atomic E-state index is 12.1. The SMILES string of the molecule is CCNC(=NCc1ccc(N2CCCCC2=O)cc1)NCCCN1CCCC1=O.I. The quantitative estimate of drug-likeness (QED) is 0.236. The molecule has 2 aliphatic rings. The molecule has 2 heterocycles. The van der Waals surface area contributed by atoms with Crippen LogP contribution in [0.15, 0.2) is 29.3 Å². The number of nitrogens with zero attached hydrogens (tertiary/aromatic N) is 3. The van der Waals surface area contributed by atoms with Gasteiger partial charge in [-0.05, 0) is 50.3 Å². The molecule has 0 saturated carbocycles. The smallest absolute Gasteiger partial charge is 0.226 e. The third-order valence-electron chi connectivity index (χ3n) is 5.40. The molecule has 1 aromatic rings. The molecule has 166 valence electrons. The Hall–Kier alpha value is -1.84. The largest absolute Gasteiger partial charge is 0.357 e. The average Bonchev–Trinajstić information content (AvgIpc) is 3.15. The number of piperidine rings is 1. The summed E-state index contributed by atoms with van der Waals surface area (Å²) in [7, 11) is 0. The Bertz CT molecular complexity index is 723. The van der Waals surface area contributed by atoms with Crippen LogP contribution in [0.4, 0.5) is 5.69 Å². The van der Waals surface area contributed by atoms with Crippen molar-refractivity contribution >= 4 is 47.4 Å². The normalized spacial score (nSPS) is 17.2. The van der Waals surface area contributed by atoms with Crippen LogP contribution in [0.2, 0.25) is 0 Å². The van der Waals surface area contributed by atoms with E-state index in [4.69, 9.17) is 0 Å². The summed E-state index contributed by atoms with van der Waals surface area (Å²) in [6.45, 7) is 6.72. The molecule has 0 aromatic heterocycles. The highest BCUT2D eigenvalue weighted by molar-refractivity contribution is 14.0. The van der Waals surface area contributed by atoms with E-state index in [1.807, 2.05) is 41.0 Å². The van der Waals surface area contributed by atoms with Crippen molar-refractivity contribution in [3.63, 3.8) is 0 Å². The topological polar surface area (TPSA) is 77.0 Å². The molecule has 2 aliphatic heterocycles. The number of hydrogen-bond acceptors (Lipinski definition) is 3. The van der Waals surface area contributed by atoms with Gasteiger partial charge in [0.25, 0.3) is 0 Å². The Kier molecular flexibility index (Phi) is 10.4. The summed E-state index contributed by atoms with van der Waals surface area (Å²) < 4.78 is 0. The van der Waals surface area contributed by atoms with Crippen molar-refractivity contribution in [2.24, 2.45) is 4.99 Å². The lowest BCUT2D eigenvalue weighted by atomic mass is 10.1. The van der Waals surface area contributed by atoms with E-state index in [9.17, 15) is 9.59 Å². The number of carbonyl (C=O) groups is 2. The minimum Gasteiger partial charge on any atom is -0.357 e. The van der Waals surface area contributed by atoms with Crippen molar-refractivity contribution in [3.05, 3.63) is 29.8 Å². The van der Waals surface area contributed by atoms with Gasteiger partial charge in [-0.2, -0.15) is 0 Å². The summed E-state index contributed by atoms with van der Waals surface area (Å²) in [5.41, 5.74) is 2.09. The standard InChI is InChI=1S/C22H33N5O2.HI/c1-2-23-22(24-13-6-15-26-14-5-8-20(26)28)25-17-18-9-11-19(12-10-18)27-16-4-3-7-21(27)29;/h9-12H,2-8,13-17H2,1H3,(H2,23,24,25);1H. The summed E-state index contributed by atoms with van der Waals surface area (Å²) in [5.74, 6) is 1.28. The van der Waals surface area contributed by atoms with Gasteiger partial charge < -0.3 is 20.4 Å². The van der Waals surface area contributed by atoms with Gasteiger partial charge in [-0.3, -0.25) is 9.59 Å². The lowest BCUT2D eigenvalue weighted by Crippen LogP contribution is -2.39. The summed E-state index contributed by atoms with van der Waals surface area (Å²) >= 11 is 0. The second-order valence-corrected chi connectivity index (χ2v) is 7.63. The first-order chi connectivity index (χ1) is 14.2. The molecule has 0 radical (unpaired) electrons. The molecule has 7 nitrogen and oxygen atoms in total. The fourth-order valence-electron chi connectivity index (χ4n) is 3.79. The first-order valence-corrected chi connectivity index (χ1v) is 10.9. The molecule has 3 rings (SSSR count). The predicted molar refractivity (Wildman–Crippen MR) is 131 cm³/mol. The van der Waals surface area contributed by atoms with Gasteiger partial charge in [-0.1, -0.05) is 12.1 Å². The van der Waals surface area contributed by atoms with Crippen LogP contribution in [-0.2, 0) is 16.1 Å². The number of benzene rings is 1. The van der Waals surface area contributed by atoms with Crippen LogP contribution in [0, 0.1) is 0 Å². The predicted octanol–water partition coefficient (Wildman–Crippen LogP) is 2.89. The first-order valence-electron chi connectivity index (χ1n) is 10.9. The van der Waals surface area contributed by atoms with Crippen molar-refractivity contribution in [2.75, 3.05) is 37.6 Å². The Morgan fingerprint density at radius 1 is 1.00 bits per heavy atom. The number of rotatable bonds is 8. The molecule has 0 aliphatic carbocycles. The van der Waals surface area contributed by atoms with Crippen molar-refractivity contribution in [3.8, 4) is 0 Å². The summed E-state index contributed by atoms with van der Waals surface area (Å²) in [6, 6.07) is 8.12. The van der Waals surface area contributed by atoms with Crippen LogP contribution in [0.25, 0.3) is 0 Å². The molecule has 2 N–H and O–H groups in total.